The number of alkyl halides is 3. The van der Waals surface area contributed by atoms with Crippen LogP contribution in [0.2, 0.25) is 0 Å². The second kappa shape index (κ2) is 5.89. The second-order valence-electron chi connectivity index (χ2n) is 5.95. The molecule has 116 valence electrons. The summed E-state index contributed by atoms with van der Waals surface area (Å²) in [7, 11) is 0. The van der Waals surface area contributed by atoms with Gasteiger partial charge in [-0.15, -0.1) is 0 Å². The summed E-state index contributed by atoms with van der Waals surface area (Å²) in [6.45, 7) is 3.01. The Morgan fingerprint density at radius 1 is 1.35 bits per heavy atom. The van der Waals surface area contributed by atoms with E-state index in [0.29, 0.717) is 25.9 Å². The number of amides is 1. The number of nitrogens with one attached hydrogen (secondary N) is 2. The quantitative estimate of drug-likeness (QED) is 0.828. The van der Waals surface area contributed by atoms with Crippen molar-refractivity contribution in [2.75, 3.05) is 19.7 Å². The third-order valence-corrected chi connectivity index (χ3v) is 4.08. The van der Waals surface area contributed by atoms with Gasteiger partial charge in [-0.05, 0) is 19.8 Å². The van der Waals surface area contributed by atoms with Gasteiger partial charge in [-0.1, -0.05) is 12.8 Å². The third kappa shape index (κ3) is 3.85. The minimum atomic E-state index is -4.25. The molecule has 1 amide bonds. The van der Waals surface area contributed by atoms with Crippen LogP contribution >= 0.6 is 0 Å². The lowest BCUT2D eigenvalue weighted by Gasteiger charge is -2.39. The summed E-state index contributed by atoms with van der Waals surface area (Å²) in [5.74, 6) is -1.89. The highest BCUT2D eigenvalue weighted by Crippen LogP contribution is 2.37. The van der Waals surface area contributed by atoms with Crippen LogP contribution in [-0.4, -0.2) is 43.4 Å². The van der Waals surface area contributed by atoms with E-state index in [9.17, 15) is 18.0 Å². The van der Waals surface area contributed by atoms with E-state index in [4.69, 9.17) is 4.74 Å². The fourth-order valence-electron chi connectivity index (χ4n) is 2.76. The minimum Gasteiger partial charge on any atom is -0.363 e. The number of carbonyl (C=O) groups is 1. The van der Waals surface area contributed by atoms with Crippen LogP contribution in [0, 0.1) is 5.92 Å². The Morgan fingerprint density at radius 2 is 2.00 bits per heavy atom. The molecule has 0 radical (unpaired) electrons. The lowest BCUT2D eigenvalue weighted by Crippen LogP contribution is -2.60. The number of hydrogen-bond donors (Lipinski definition) is 2. The van der Waals surface area contributed by atoms with Crippen molar-refractivity contribution in [1.82, 2.24) is 10.6 Å². The molecule has 1 heterocycles. The third-order valence-electron chi connectivity index (χ3n) is 4.08. The van der Waals surface area contributed by atoms with Gasteiger partial charge in [0.2, 0.25) is 5.91 Å². The Hall–Kier alpha value is -0.820. The first-order valence-electron chi connectivity index (χ1n) is 7.01. The van der Waals surface area contributed by atoms with Crippen LogP contribution in [0.4, 0.5) is 13.2 Å². The molecule has 2 rings (SSSR count). The van der Waals surface area contributed by atoms with Crippen molar-refractivity contribution < 1.29 is 22.7 Å². The number of carbonyl (C=O) groups excluding carboxylic acids is 1. The summed E-state index contributed by atoms with van der Waals surface area (Å²) in [6, 6.07) is -0.813. The lowest BCUT2D eigenvalue weighted by atomic mass is 9.84. The molecule has 0 aromatic rings. The van der Waals surface area contributed by atoms with Crippen molar-refractivity contribution in [2.24, 2.45) is 5.92 Å². The zero-order valence-electron chi connectivity index (χ0n) is 11.6. The Morgan fingerprint density at radius 3 is 2.55 bits per heavy atom. The Balaban J connectivity index is 1.82. The molecule has 0 spiro atoms. The summed E-state index contributed by atoms with van der Waals surface area (Å²) in [6.07, 6.45) is -2.48. The van der Waals surface area contributed by atoms with Crippen LogP contribution < -0.4 is 10.6 Å². The summed E-state index contributed by atoms with van der Waals surface area (Å²) in [5.41, 5.74) is -0.368. The van der Waals surface area contributed by atoms with Gasteiger partial charge in [0.15, 0.2) is 0 Å². The summed E-state index contributed by atoms with van der Waals surface area (Å²) < 4.78 is 44.1. The highest BCUT2D eigenvalue weighted by molar-refractivity contribution is 5.77. The van der Waals surface area contributed by atoms with Crippen molar-refractivity contribution in [3.8, 4) is 0 Å². The van der Waals surface area contributed by atoms with Crippen LogP contribution in [0.1, 0.15) is 32.6 Å². The molecule has 1 aliphatic heterocycles. The maximum atomic E-state index is 12.9. The van der Waals surface area contributed by atoms with Crippen molar-refractivity contribution in [3.05, 3.63) is 0 Å². The van der Waals surface area contributed by atoms with E-state index in [0.717, 1.165) is 6.42 Å². The fraction of sp³-hybridized carbons (Fsp3) is 0.923. The average molecular weight is 294 g/mol. The van der Waals surface area contributed by atoms with Crippen molar-refractivity contribution in [2.45, 2.75) is 50.4 Å². The van der Waals surface area contributed by atoms with Crippen molar-refractivity contribution >= 4 is 5.91 Å². The smallest absolute Gasteiger partial charge is 0.363 e. The predicted octanol–water partition coefficient (Wildman–Crippen LogP) is 1.60. The van der Waals surface area contributed by atoms with Crippen molar-refractivity contribution in [1.29, 1.82) is 0 Å². The molecule has 0 bridgehead atoms. The zero-order chi connectivity index (χ0) is 14.8. The molecule has 4 nitrogen and oxygen atoms in total. The molecular formula is C13H21F3N2O2. The van der Waals surface area contributed by atoms with Gasteiger partial charge in [-0.3, -0.25) is 4.79 Å². The SMILES string of the molecule is CC1(OCC(=O)NC2CCCCC2C(F)(F)F)CNC1. The Bertz CT molecular complexity index is 356. The van der Waals surface area contributed by atoms with E-state index >= 15 is 0 Å². The Kier molecular flexibility index (Phi) is 4.59. The molecule has 0 aromatic carbocycles. The fourth-order valence-corrected chi connectivity index (χ4v) is 2.76. The molecule has 2 aliphatic rings. The van der Waals surface area contributed by atoms with Crippen LogP contribution in [0.15, 0.2) is 0 Å². The number of rotatable bonds is 4. The average Bonchev–Trinajstić information content (AvgIpc) is 2.33. The second-order valence-corrected chi connectivity index (χ2v) is 5.95. The zero-order valence-corrected chi connectivity index (χ0v) is 11.6. The summed E-state index contributed by atoms with van der Waals surface area (Å²) in [4.78, 5) is 11.7. The van der Waals surface area contributed by atoms with Crippen LogP contribution in [0.25, 0.3) is 0 Å². The number of hydrogen-bond acceptors (Lipinski definition) is 3. The largest absolute Gasteiger partial charge is 0.393 e. The van der Waals surface area contributed by atoms with E-state index in [1.54, 1.807) is 0 Å². The van der Waals surface area contributed by atoms with E-state index < -0.39 is 24.0 Å². The molecule has 2 N–H and O–H groups in total. The first kappa shape index (κ1) is 15.6. The molecule has 1 aliphatic carbocycles. The van der Waals surface area contributed by atoms with Gasteiger partial charge in [0.25, 0.3) is 0 Å². The molecule has 1 saturated carbocycles. The maximum Gasteiger partial charge on any atom is 0.393 e. The van der Waals surface area contributed by atoms with E-state index in [-0.39, 0.29) is 18.6 Å². The minimum absolute atomic E-state index is 0.0942. The number of halogens is 3. The predicted molar refractivity (Wildman–Crippen MR) is 67.2 cm³/mol. The van der Waals surface area contributed by atoms with E-state index in [1.165, 1.54) is 0 Å². The number of ether oxygens (including phenoxy) is 1. The molecule has 2 unspecified atom stereocenters. The first-order chi connectivity index (χ1) is 9.30. The molecular weight excluding hydrogens is 273 g/mol. The molecule has 1 saturated heterocycles. The van der Waals surface area contributed by atoms with Crippen molar-refractivity contribution in [3.63, 3.8) is 0 Å². The van der Waals surface area contributed by atoms with Crippen LogP contribution in [0.5, 0.6) is 0 Å². The normalized spacial score (nSPS) is 29.6. The molecule has 0 aromatic heterocycles. The monoisotopic (exact) mass is 294 g/mol. The van der Waals surface area contributed by atoms with E-state index in [2.05, 4.69) is 10.6 Å². The Labute approximate surface area is 116 Å². The highest BCUT2D eigenvalue weighted by Gasteiger charge is 2.46. The topological polar surface area (TPSA) is 50.4 Å². The lowest BCUT2D eigenvalue weighted by molar-refractivity contribution is -0.189. The first-order valence-corrected chi connectivity index (χ1v) is 7.01. The molecule has 20 heavy (non-hydrogen) atoms. The standard InChI is InChI=1S/C13H21F3N2O2/c1-12(7-17-8-12)20-6-11(19)18-10-5-3-2-4-9(10)13(14,15)16/h9-10,17H,2-8H2,1H3,(H,18,19). The van der Waals surface area contributed by atoms with Crippen LogP contribution in [0.3, 0.4) is 0 Å². The van der Waals surface area contributed by atoms with E-state index in [1.807, 2.05) is 6.92 Å². The molecule has 2 fully saturated rings. The maximum absolute atomic E-state index is 12.9. The van der Waals surface area contributed by atoms with Gasteiger partial charge in [0, 0.05) is 19.1 Å². The highest BCUT2D eigenvalue weighted by atomic mass is 19.4. The molecule has 7 heteroatoms. The van der Waals surface area contributed by atoms with Gasteiger partial charge in [0.05, 0.1) is 11.5 Å². The van der Waals surface area contributed by atoms with Crippen LogP contribution in [-0.2, 0) is 9.53 Å². The van der Waals surface area contributed by atoms with Gasteiger partial charge < -0.3 is 15.4 Å². The van der Waals surface area contributed by atoms with Gasteiger partial charge in [-0.25, -0.2) is 0 Å². The summed E-state index contributed by atoms with van der Waals surface area (Å²) >= 11 is 0. The van der Waals surface area contributed by atoms with Gasteiger partial charge in [-0.2, -0.15) is 13.2 Å². The summed E-state index contributed by atoms with van der Waals surface area (Å²) in [5, 5.41) is 5.52. The van der Waals surface area contributed by atoms with Gasteiger partial charge in [0.1, 0.15) is 6.61 Å². The molecule has 2 atom stereocenters. The van der Waals surface area contributed by atoms with Gasteiger partial charge >= 0.3 is 6.18 Å².